The van der Waals surface area contributed by atoms with Crippen molar-refractivity contribution >= 4 is 10.9 Å². The molecule has 0 radical (unpaired) electrons. The van der Waals surface area contributed by atoms with Crippen LogP contribution in [0, 0.1) is 12.7 Å². The molecule has 0 aliphatic carbocycles. The molecular formula is C26H24FN3O. The van der Waals surface area contributed by atoms with Gasteiger partial charge in [-0.25, -0.2) is 4.39 Å². The first-order chi connectivity index (χ1) is 15.0. The summed E-state index contributed by atoms with van der Waals surface area (Å²) >= 11 is 0. The van der Waals surface area contributed by atoms with Crippen molar-refractivity contribution in [1.82, 2.24) is 14.5 Å². The highest BCUT2D eigenvalue weighted by molar-refractivity contribution is 5.81. The number of hydrogen-bond acceptors (Lipinski definition) is 3. The number of benzene rings is 2. The molecule has 0 spiro atoms. The molecule has 0 saturated carbocycles. The first-order valence-corrected chi connectivity index (χ1v) is 10.5. The molecule has 4 aromatic rings. The summed E-state index contributed by atoms with van der Waals surface area (Å²) in [5.41, 5.74) is 6.41. The molecule has 31 heavy (non-hydrogen) atoms. The van der Waals surface area contributed by atoms with E-state index in [-0.39, 0.29) is 11.4 Å². The Morgan fingerprint density at radius 2 is 1.94 bits per heavy atom. The zero-order valence-corrected chi connectivity index (χ0v) is 17.7. The van der Waals surface area contributed by atoms with Crippen molar-refractivity contribution in [2.75, 3.05) is 6.54 Å². The number of aryl methyl sites for hydroxylation is 1. The minimum absolute atomic E-state index is 0.0293. The van der Waals surface area contributed by atoms with Gasteiger partial charge < -0.3 is 4.57 Å². The number of nitrogens with zero attached hydrogens (tertiary/aromatic N) is 3. The first kappa shape index (κ1) is 19.6. The largest absolute Gasteiger partial charge is 0.315 e. The summed E-state index contributed by atoms with van der Waals surface area (Å²) in [6.45, 7) is 4.22. The number of hydrogen-bond donors (Lipinski definition) is 0. The van der Waals surface area contributed by atoms with Gasteiger partial charge in [0.25, 0.3) is 5.56 Å². The van der Waals surface area contributed by atoms with Crippen molar-refractivity contribution in [3.8, 4) is 11.1 Å². The SMILES string of the molecule is Cc1cc(-c2cc3c(n(C)c2=O)CCN(Cc2ccnc4ccccc24)C3)ccc1F. The minimum Gasteiger partial charge on any atom is -0.315 e. The third-order valence-electron chi connectivity index (χ3n) is 6.29. The standard InChI is InChI=1S/C26H24FN3O/c1-17-13-18(7-8-23(17)27)22-14-20-16-30(12-10-25(20)29(2)26(22)31)15-19-9-11-28-24-6-4-3-5-21(19)24/h3-9,11,13-14H,10,12,15-16H2,1-2H3. The van der Waals surface area contributed by atoms with Crippen molar-refractivity contribution < 1.29 is 4.39 Å². The summed E-state index contributed by atoms with van der Waals surface area (Å²) in [4.78, 5) is 19.9. The summed E-state index contributed by atoms with van der Waals surface area (Å²) < 4.78 is 15.5. The van der Waals surface area contributed by atoms with Crippen LogP contribution in [-0.2, 0) is 26.6 Å². The maximum atomic E-state index is 13.7. The van der Waals surface area contributed by atoms with Gasteiger partial charge in [-0.15, -0.1) is 0 Å². The van der Waals surface area contributed by atoms with Crippen LogP contribution in [0.5, 0.6) is 0 Å². The number of pyridine rings is 2. The molecule has 0 bridgehead atoms. The van der Waals surface area contributed by atoms with Crippen molar-refractivity contribution in [1.29, 1.82) is 0 Å². The highest BCUT2D eigenvalue weighted by Gasteiger charge is 2.22. The van der Waals surface area contributed by atoms with Crippen LogP contribution < -0.4 is 5.56 Å². The second kappa shape index (κ2) is 7.75. The lowest BCUT2D eigenvalue weighted by Crippen LogP contribution is -2.35. The molecule has 0 saturated heterocycles. The smallest absolute Gasteiger partial charge is 0.258 e. The maximum Gasteiger partial charge on any atom is 0.258 e. The van der Waals surface area contributed by atoms with Gasteiger partial charge in [0.1, 0.15) is 5.82 Å². The Bertz CT molecular complexity index is 1350. The van der Waals surface area contributed by atoms with Gasteiger partial charge in [0, 0.05) is 55.9 Å². The molecule has 0 fully saturated rings. The van der Waals surface area contributed by atoms with Gasteiger partial charge in [0.2, 0.25) is 0 Å². The van der Waals surface area contributed by atoms with E-state index in [2.05, 4.69) is 22.0 Å². The van der Waals surface area contributed by atoms with Crippen LogP contribution in [0.3, 0.4) is 0 Å². The number of aromatic nitrogens is 2. The van der Waals surface area contributed by atoms with Crippen LogP contribution in [-0.4, -0.2) is 21.0 Å². The Balaban J connectivity index is 1.49. The summed E-state index contributed by atoms with van der Waals surface area (Å²) in [7, 11) is 1.84. The molecule has 156 valence electrons. The molecule has 2 aromatic carbocycles. The first-order valence-electron chi connectivity index (χ1n) is 10.5. The molecule has 0 atom stereocenters. The maximum absolute atomic E-state index is 13.7. The Hall–Kier alpha value is -3.31. The highest BCUT2D eigenvalue weighted by Crippen LogP contribution is 2.26. The van der Waals surface area contributed by atoms with Crippen molar-refractivity contribution in [3.05, 3.63) is 99.3 Å². The average Bonchev–Trinajstić information content (AvgIpc) is 2.78. The zero-order valence-electron chi connectivity index (χ0n) is 17.7. The molecule has 1 aliphatic rings. The quantitative estimate of drug-likeness (QED) is 0.492. The Labute approximate surface area is 180 Å². The van der Waals surface area contributed by atoms with Crippen molar-refractivity contribution in [2.24, 2.45) is 7.05 Å². The summed E-state index contributed by atoms with van der Waals surface area (Å²) in [6, 6.07) is 17.2. The summed E-state index contributed by atoms with van der Waals surface area (Å²) in [5, 5.41) is 1.18. The van der Waals surface area contributed by atoms with Gasteiger partial charge in [-0.1, -0.05) is 24.3 Å². The topological polar surface area (TPSA) is 38.1 Å². The molecule has 0 unspecified atom stereocenters. The summed E-state index contributed by atoms with van der Waals surface area (Å²) in [5.74, 6) is -0.255. The predicted molar refractivity (Wildman–Crippen MR) is 121 cm³/mol. The lowest BCUT2D eigenvalue weighted by atomic mass is 9.98. The Kier molecular flexibility index (Phi) is 4.91. The van der Waals surface area contributed by atoms with E-state index in [0.29, 0.717) is 11.1 Å². The van der Waals surface area contributed by atoms with E-state index in [4.69, 9.17) is 0 Å². The molecule has 0 N–H and O–H groups in total. The van der Waals surface area contributed by atoms with Crippen LogP contribution in [0.25, 0.3) is 22.0 Å². The molecule has 5 heteroatoms. The monoisotopic (exact) mass is 413 g/mol. The molecule has 4 nitrogen and oxygen atoms in total. The second-order valence-electron chi connectivity index (χ2n) is 8.31. The van der Waals surface area contributed by atoms with Gasteiger partial charge in [-0.05, 0) is 59.5 Å². The third-order valence-corrected chi connectivity index (χ3v) is 6.29. The van der Waals surface area contributed by atoms with Crippen LogP contribution in [0.4, 0.5) is 4.39 Å². The van der Waals surface area contributed by atoms with E-state index in [9.17, 15) is 9.18 Å². The van der Waals surface area contributed by atoms with Crippen molar-refractivity contribution in [2.45, 2.75) is 26.4 Å². The lowest BCUT2D eigenvalue weighted by Gasteiger charge is -2.30. The molecule has 2 aromatic heterocycles. The zero-order chi connectivity index (χ0) is 21.5. The van der Waals surface area contributed by atoms with Gasteiger partial charge in [-0.2, -0.15) is 0 Å². The Morgan fingerprint density at radius 3 is 2.77 bits per heavy atom. The van der Waals surface area contributed by atoms with Crippen LogP contribution in [0.1, 0.15) is 22.4 Å². The van der Waals surface area contributed by atoms with Gasteiger partial charge in [-0.3, -0.25) is 14.7 Å². The fourth-order valence-electron chi connectivity index (χ4n) is 4.57. The number of fused-ring (bicyclic) bond motifs is 2. The fourth-order valence-corrected chi connectivity index (χ4v) is 4.57. The number of rotatable bonds is 3. The van der Waals surface area contributed by atoms with Gasteiger partial charge in [0.15, 0.2) is 0 Å². The van der Waals surface area contributed by atoms with E-state index in [1.807, 2.05) is 37.5 Å². The molecule has 3 heterocycles. The molecule has 0 amide bonds. The molecule has 1 aliphatic heterocycles. The van der Waals surface area contributed by atoms with Gasteiger partial charge in [0.05, 0.1) is 5.52 Å². The average molecular weight is 413 g/mol. The number of halogens is 1. The minimum atomic E-state index is -0.255. The van der Waals surface area contributed by atoms with Crippen molar-refractivity contribution in [3.63, 3.8) is 0 Å². The van der Waals surface area contributed by atoms with E-state index in [1.165, 1.54) is 17.0 Å². The van der Waals surface area contributed by atoms with E-state index >= 15 is 0 Å². The number of para-hydroxylation sites is 1. The van der Waals surface area contributed by atoms with E-state index < -0.39 is 0 Å². The molecular weight excluding hydrogens is 389 g/mol. The van der Waals surface area contributed by atoms with Crippen LogP contribution in [0.15, 0.2) is 65.6 Å². The van der Waals surface area contributed by atoms with E-state index in [1.54, 1.807) is 23.6 Å². The Morgan fingerprint density at radius 1 is 1.10 bits per heavy atom. The van der Waals surface area contributed by atoms with Crippen LogP contribution >= 0.6 is 0 Å². The second-order valence-corrected chi connectivity index (χ2v) is 8.31. The highest BCUT2D eigenvalue weighted by atomic mass is 19.1. The predicted octanol–water partition coefficient (Wildman–Crippen LogP) is 4.61. The van der Waals surface area contributed by atoms with Gasteiger partial charge >= 0.3 is 0 Å². The van der Waals surface area contributed by atoms with Crippen LogP contribution in [0.2, 0.25) is 0 Å². The van der Waals surface area contributed by atoms with E-state index in [0.717, 1.165) is 48.4 Å². The summed E-state index contributed by atoms with van der Waals surface area (Å²) in [6.07, 6.45) is 2.70. The lowest BCUT2D eigenvalue weighted by molar-refractivity contribution is 0.242. The molecule has 5 rings (SSSR count). The fraction of sp³-hybridized carbons (Fsp3) is 0.231. The normalized spacial score (nSPS) is 14.0. The third kappa shape index (κ3) is 3.55.